The molecule has 1 aliphatic carbocycles. The van der Waals surface area contributed by atoms with E-state index in [1.807, 2.05) is 7.05 Å². The minimum atomic E-state index is -0.211. The van der Waals surface area contributed by atoms with Crippen LogP contribution in [0.2, 0.25) is 0 Å². The van der Waals surface area contributed by atoms with Crippen LogP contribution >= 0.6 is 0 Å². The molecule has 2 aromatic heterocycles. The Labute approximate surface area is 112 Å². The fraction of sp³-hybridized carbons (Fsp3) is 0.615. The van der Waals surface area contributed by atoms with Gasteiger partial charge in [-0.3, -0.25) is 4.68 Å². The fourth-order valence-corrected chi connectivity index (χ4v) is 2.67. The molecule has 0 spiro atoms. The zero-order valence-corrected chi connectivity index (χ0v) is 11.2. The van der Waals surface area contributed by atoms with Gasteiger partial charge in [-0.25, -0.2) is 9.97 Å². The summed E-state index contributed by atoms with van der Waals surface area (Å²) >= 11 is 0. The molecule has 6 nitrogen and oxygen atoms in total. The lowest BCUT2D eigenvalue weighted by Gasteiger charge is -2.32. The van der Waals surface area contributed by atoms with Crippen LogP contribution in [0.4, 0.5) is 0 Å². The van der Waals surface area contributed by atoms with E-state index in [2.05, 4.69) is 15.1 Å². The number of hydrogen-bond donors (Lipinski definition) is 1. The lowest BCUT2D eigenvalue weighted by Crippen LogP contribution is -2.47. The van der Waals surface area contributed by atoms with Gasteiger partial charge < -0.3 is 10.5 Å². The number of aromatic nitrogens is 4. The van der Waals surface area contributed by atoms with Crippen LogP contribution in [0.1, 0.15) is 32.1 Å². The van der Waals surface area contributed by atoms with Crippen LogP contribution in [0.3, 0.4) is 0 Å². The quantitative estimate of drug-likeness (QED) is 0.903. The minimum absolute atomic E-state index is 0.211. The Kier molecular flexibility index (Phi) is 3.10. The lowest BCUT2D eigenvalue weighted by atomic mass is 9.83. The Morgan fingerprint density at radius 2 is 2.11 bits per heavy atom. The monoisotopic (exact) mass is 261 g/mol. The second-order valence-corrected chi connectivity index (χ2v) is 5.40. The molecule has 0 aliphatic heterocycles. The first-order valence-corrected chi connectivity index (χ1v) is 6.72. The van der Waals surface area contributed by atoms with Crippen LogP contribution in [0.25, 0.3) is 11.0 Å². The van der Waals surface area contributed by atoms with Crippen molar-refractivity contribution in [2.75, 3.05) is 6.61 Å². The van der Waals surface area contributed by atoms with Crippen LogP contribution in [0, 0.1) is 0 Å². The van der Waals surface area contributed by atoms with Gasteiger partial charge in [0.1, 0.15) is 18.3 Å². The van der Waals surface area contributed by atoms with Gasteiger partial charge >= 0.3 is 0 Å². The van der Waals surface area contributed by atoms with Gasteiger partial charge in [-0.1, -0.05) is 19.3 Å². The number of hydrogen-bond acceptors (Lipinski definition) is 5. The van der Waals surface area contributed by atoms with E-state index >= 15 is 0 Å². The van der Waals surface area contributed by atoms with Crippen molar-refractivity contribution in [3.63, 3.8) is 0 Å². The zero-order chi connectivity index (χ0) is 13.3. The van der Waals surface area contributed by atoms with Crippen molar-refractivity contribution >= 4 is 11.0 Å². The molecule has 1 saturated carbocycles. The molecule has 3 rings (SSSR count). The van der Waals surface area contributed by atoms with E-state index in [9.17, 15) is 0 Å². The topological polar surface area (TPSA) is 78.9 Å². The van der Waals surface area contributed by atoms with Crippen LogP contribution in [0.15, 0.2) is 12.5 Å². The molecule has 0 atom stereocenters. The van der Waals surface area contributed by atoms with Crippen molar-refractivity contribution < 1.29 is 4.74 Å². The highest BCUT2D eigenvalue weighted by atomic mass is 16.5. The SMILES string of the molecule is Cn1ncc2c(OCC3(N)CCCCC3)ncnc21. The van der Waals surface area contributed by atoms with Crippen molar-refractivity contribution in [3.05, 3.63) is 12.5 Å². The largest absolute Gasteiger partial charge is 0.475 e. The maximum Gasteiger partial charge on any atom is 0.227 e. The molecular formula is C13H19N5O. The summed E-state index contributed by atoms with van der Waals surface area (Å²) in [5.74, 6) is 0.577. The summed E-state index contributed by atoms with van der Waals surface area (Å²) in [6.07, 6.45) is 8.93. The number of ether oxygens (including phenoxy) is 1. The molecule has 6 heteroatoms. The van der Waals surface area contributed by atoms with Gasteiger partial charge in [0.25, 0.3) is 0 Å². The van der Waals surface area contributed by atoms with Crippen LogP contribution in [-0.4, -0.2) is 31.9 Å². The first-order valence-electron chi connectivity index (χ1n) is 6.72. The van der Waals surface area contributed by atoms with E-state index in [-0.39, 0.29) is 5.54 Å². The third-order valence-corrected chi connectivity index (χ3v) is 3.84. The van der Waals surface area contributed by atoms with Crippen LogP contribution in [0.5, 0.6) is 5.88 Å². The Morgan fingerprint density at radius 3 is 2.89 bits per heavy atom. The van der Waals surface area contributed by atoms with Crippen molar-refractivity contribution in [3.8, 4) is 5.88 Å². The number of fused-ring (bicyclic) bond motifs is 1. The average molecular weight is 261 g/mol. The van der Waals surface area contributed by atoms with Gasteiger partial charge in [0.05, 0.1) is 11.7 Å². The van der Waals surface area contributed by atoms with E-state index in [1.54, 1.807) is 10.9 Å². The van der Waals surface area contributed by atoms with Crippen molar-refractivity contribution in [2.45, 2.75) is 37.6 Å². The normalized spacial score (nSPS) is 18.6. The number of nitrogens with two attached hydrogens (primary N) is 1. The summed E-state index contributed by atoms with van der Waals surface area (Å²) in [7, 11) is 1.85. The predicted octanol–water partition coefficient (Wildman–Crippen LogP) is 1.40. The Bertz CT molecular complexity index is 573. The highest BCUT2D eigenvalue weighted by Gasteiger charge is 2.28. The predicted molar refractivity (Wildman–Crippen MR) is 71.8 cm³/mol. The Hall–Kier alpha value is -1.69. The zero-order valence-electron chi connectivity index (χ0n) is 11.2. The summed E-state index contributed by atoms with van der Waals surface area (Å²) in [6.45, 7) is 0.508. The molecule has 0 radical (unpaired) electrons. The third kappa shape index (κ3) is 2.40. The smallest absolute Gasteiger partial charge is 0.227 e. The third-order valence-electron chi connectivity index (χ3n) is 3.84. The van der Waals surface area contributed by atoms with E-state index in [0.717, 1.165) is 23.9 Å². The number of nitrogens with zero attached hydrogens (tertiary/aromatic N) is 4. The molecule has 1 aliphatic rings. The fourth-order valence-electron chi connectivity index (χ4n) is 2.67. The molecule has 0 bridgehead atoms. The van der Waals surface area contributed by atoms with Crippen LogP contribution in [-0.2, 0) is 7.05 Å². The highest BCUT2D eigenvalue weighted by molar-refractivity contribution is 5.79. The molecule has 2 aromatic rings. The molecule has 2 N–H and O–H groups in total. The van der Waals surface area contributed by atoms with Gasteiger partial charge in [0.15, 0.2) is 5.65 Å². The van der Waals surface area contributed by atoms with Gasteiger partial charge in [0, 0.05) is 7.05 Å². The van der Waals surface area contributed by atoms with E-state index in [4.69, 9.17) is 10.5 Å². The van der Waals surface area contributed by atoms with Gasteiger partial charge in [-0.2, -0.15) is 5.10 Å². The number of rotatable bonds is 3. The van der Waals surface area contributed by atoms with E-state index in [1.165, 1.54) is 25.6 Å². The molecule has 19 heavy (non-hydrogen) atoms. The van der Waals surface area contributed by atoms with Crippen molar-refractivity contribution in [1.29, 1.82) is 0 Å². The highest BCUT2D eigenvalue weighted by Crippen LogP contribution is 2.27. The molecule has 0 amide bonds. The summed E-state index contributed by atoms with van der Waals surface area (Å²) in [6, 6.07) is 0. The number of aryl methyl sites for hydroxylation is 1. The summed E-state index contributed by atoms with van der Waals surface area (Å²) in [5.41, 5.74) is 6.93. The first-order chi connectivity index (χ1) is 9.18. The molecule has 0 saturated heterocycles. The second kappa shape index (κ2) is 4.77. The molecule has 0 aromatic carbocycles. The van der Waals surface area contributed by atoms with E-state index in [0.29, 0.717) is 12.5 Å². The molecule has 0 unspecified atom stereocenters. The molecule has 102 valence electrons. The summed E-state index contributed by atoms with van der Waals surface area (Å²) in [4.78, 5) is 8.39. The lowest BCUT2D eigenvalue weighted by molar-refractivity contribution is 0.170. The van der Waals surface area contributed by atoms with Crippen molar-refractivity contribution in [1.82, 2.24) is 19.7 Å². The standard InChI is InChI=1S/C13H19N5O/c1-18-11-10(7-17-18)12(16-9-15-11)19-8-13(14)5-3-2-4-6-13/h7,9H,2-6,8,14H2,1H3. The van der Waals surface area contributed by atoms with Gasteiger partial charge in [-0.05, 0) is 12.8 Å². The van der Waals surface area contributed by atoms with Crippen LogP contribution < -0.4 is 10.5 Å². The van der Waals surface area contributed by atoms with E-state index < -0.39 is 0 Å². The maximum absolute atomic E-state index is 6.37. The Morgan fingerprint density at radius 1 is 1.32 bits per heavy atom. The Balaban J connectivity index is 1.78. The summed E-state index contributed by atoms with van der Waals surface area (Å²) < 4.78 is 7.56. The molecule has 1 fully saturated rings. The maximum atomic E-state index is 6.37. The van der Waals surface area contributed by atoms with Gasteiger partial charge in [-0.15, -0.1) is 0 Å². The minimum Gasteiger partial charge on any atom is -0.475 e. The van der Waals surface area contributed by atoms with Crippen molar-refractivity contribution in [2.24, 2.45) is 12.8 Å². The first kappa shape index (κ1) is 12.3. The van der Waals surface area contributed by atoms with Gasteiger partial charge in [0.2, 0.25) is 5.88 Å². The molecular weight excluding hydrogens is 242 g/mol. The second-order valence-electron chi connectivity index (χ2n) is 5.40. The average Bonchev–Trinajstić information content (AvgIpc) is 2.80. The molecule has 2 heterocycles. The summed E-state index contributed by atoms with van der Waals surface area (Å²) in [5, 5.41) is 5.01.